The standard InChI is InChI=1S/C13H25NOS/c16-11-10-15-9-8-14-7-3-5-12-4-1-2-6-13(12)14/h12-13,16H,1-11H2/t12-,13-/m1/s1. The fraction of sp³-hybridized carbons (Fsp3) is 1.00. The van der Waals surface area contributed by atoms with E-state index in [4.69, 9.17) is 4.74 Å². The second kappa shape index (κ2) is 6.87. The highest BCUT2D eigenvalue weighted by Gasteiger charge is 2.32. The molecule has 0 spiro atoms. The van der Waals surface area contributed by atoms with Crippen LogP contribution in [0.5, 0.6) is 0 Å². The van der Waals surface area contributed by atoms with Gasteiger partial charge in [-0.2, -0.15) is 12.6 Å². The molecule has 0 N–H and O–H groups in total. The highest BCUT2D eigenvalue weighted by molar-refractivity contribution is 7.80. The molecule has 2 rings (SSSR count). The topological polar surface area (TPSA) is 12.5 Å². The Labute approximate surface area is 105 Å². The molecule has 2 atom stereocenters. The van der Waals surface area contributed by atoms with E-state index in [1.165, 1.54) is 45.1 Å². The minimum absolute atomic E-state index is 0.797. The molecule has 0 amide bonds. The maximum Gasteiger partial charge on any atom is 0.0593 e. The molecule has 0 unspecified atom stereocenters. The normalized spacial score (nSPS) is 31.3. The summed E-state index contributed by atoms with van der Waals surface area (Å²) < 4.78 is 5.55. The van der Waals surface area contributed by atoms with Crippen LogP contribution in [0.3, 0.4) is 0 Å². The van der Waals surface area contributed by atoms with Gasteiger partial charge in [-0.1, -0.05) is 12.8 Å². The number of hydrogen-bond donors (Lipinski definition) is 1. The average molecular weight is 243 g/mol. The molecule has 2 aliphatic rings. The quantitative estimate of drug-likeness (QED) is 0.588. The Balaban J connectivity index is 1.74. The molecule has 3 heteroatoms. The number of nitrogens with zero attached hydrogens (tertiary/aromatic N) is 1. The van der Waals surface area contributed by atoms with Crippen molar-refractivity contribution >= 4 is 12.6 Å². The number of piperidine rings is 1. The van der Waals surface area contributed by atoms with E-state index in [0.29, 0.717) is 0 Å². The number of ether oxygens (including phenoxy) is 1. The Morgan fingerprint density at radius 3 is 2.75 bits per heavy atom. The zero-order valence-electron chi connectivity index (χ0n) is 10.2. The van der Waals surface area contributed by atoms with E-state index < -0.39 is 0 Å². The van der Waals surface area contributed by atoms with Crippen molar-refractivity contribution in [2.45, 2.75) is 44.6 Å². The van der Waals surface area contributed by atoms with Crippen molar-refractivity contribution in [3.8, 4) is 0 Å². The molecule has 1 saturated heterocycles. The number of fused-ring (bicyclic) bond motifs is 1. The van der Waals surface area contributed by atoms with Gasteiger partial charge in [0.1, 0.15) is 0 Å². The molecule has 0 aromatic heterocycles. The molecule has 2 nitrogen and oxygen atoms in total. The van der Waals surface area contributed by atoms with Crippen molar-refractivity contribution in [2.75, 3.05) is 32.1 Å². The Morgan fingerprint density at radius 1 is 1.06 bits per heavy atom. The first-order chi connectivity index (χ1) is 7.92. The number of hydrogen-bond acceptors (Lipinski definition) is 3. The van der Waals surface area contributed by atoms with Crippen molar-refractivity contribution < 1.29 is 4.74 Å². The SMILES string of the molecule is SCCOCCN1CCC[C@H]2CCCC[C@H]21. The first kappa shape index (κ1) is 12.7. The van der Waals surface area contributed by atoms with Gasteiger partial charge in [0.2, 0.25) is 0 Å². The van der Waals surface area contributed by atoms with Crippen LogP contribution in [0.1, 0.15) is 38.5 Å². The number of likely N-dealkylation sites (tertiary alicyclic amines) is 1. The predicted molar refractivity (Wildman–Crippen MR) is 71.2 cm³/mol. The van der Waals surface area contributed by atoms with Crippen LogP contribution in [0.15, 0.2) is 0 Å². The Morgan fingerprint density at radius 2 is 1.88 bits per heavy atom. The summed E-state index contributed by atoms with van der Waals surface area (Å²) in [5, 5.41) is 0. The van der Waals surface area contributed by atoms with Crippen LogP contribution >= 0.6 is 12.6 Å². The highest BCUT2D eigenvalue weighted by Crippen LogP contribution is 2.34. The van der Waals surface area contributed by atoms with Crippen LogP contribution in [-0.4, -0.2) is 43.0 Å². The molecule has 94 valence electrons. The van der Waals surface area contributed by atoms with Crippen molar-refractivity contribution in [1.29, 1.82) is 0 Å². The molecule has 1 saturated carbocycles. The van der Waals surface area contributed by atoms with Crippen molar-refractivity contribution in [3.05, 3.63) is 0 Å². The smallest absolute Gasteiger partial charge is 0.0593 e. The van der Waals surface area contributed by atoms with Crippen LogP contribution in [-0.2, 0) is 4.74 Å². The highest BCUT2D eigenvalue weighted by atomic mass is 32.1. The fourth-order valence-electron chi connectivity index (χ4n) is 3.35. The lowest BCUT2D eigenvalue weighted by atomic mass is 9.78. The van der Waals surface area contributed by atoms with Gasteiger partial charge in [0.05, 0.1) is 13.2 Å². The van der Waals surface area contributed by atoms with Gasteiger partial charge in [-0.3, -0.25) is 4.90 Å². The molecule has 1 aliphatic carbocycles. The molecular weight excluding hydrogens is 218 g/mol. The predicted octanol–water partition coefficient (Wildman–Crippen LogP) is 2.59. The third-order valence-electron chi connectivity index (χ3n) is 4.12. The lowest BCUT2D eigenvalue weighted by Gasteiger charge is -2.44. The summed E-state index contributed by atoms with van der Waals surface area (Å²) in [6.45, 7) is 4.12. The summed E-state index contributed by atoms with van der Waals surface area (Å²) >= 11 is 4.16. The summed E-state index contributed by atoms with van der Waals surface area (Å²) in [7, 11) is 0. The van der Waals surface area contributed by atoms with Gasteiger partial charge in [-0.15, -0.1) is 0 Å². The largest absolute Gasteiger partial charge is 0.379 e. The molecule has 1 heterocycles. The van der Waals surface area contributed by atoms with Crippen molar-refractivity contribution in [2.24, 2.45) is 5.92 Å². The maximum absolute atomic E-state index is 5.55. The number of rotatable bonds is 5. The van der Waals surface area contributed by atoms with E-state index in [-0.39, 0.29) is 0 Å². The van der Waals surface area contributed by atoms with Gasteiger partial charge in [-0.25, -0.2) is 0 Å². The zero-order chi connectivity index (χ0) is 11.2. The maximum atomic E-state index is 5.55. The van der Waals surface area contributed by atoms with E-state index in [0.717, 1.165) is 37.5 Å². The van der Waals surface area contributed by atoms with Gasteiger partial charge in [0.25, 0.3) is 0 Å². The Kier molecular flexibility index (Phi) is 5.46. The van der Waals surface area contributed by atoms with Gasteiger partial charge >= 0.3 is 0 Å². The van der Waals surface area contributed by atoms with E-state index in [1.807, 2.05) is 0 Å². The summed E-state index contributed by atoms with van der Waals surface area (Å²) in [5.41, 5.74) is 0. The third kappa shape index (κ3) is 3.38. The summed E-state index contributed by atoms with van der Waals surface area (Å²) in [6.07, 6.45) is 8.67. The summed E-state index contributed by atoms with van der Waals surface area (Å²) in [5.74, 6) is 1.83. The lowest BCUT2D eigenvalue weighted by Crippen LogP contribution is -2.47. The molecule has 16 heavy (non-hydrogen) atoms. The van der Waals surface area contributed by atoms with Gasteiger partial charge in [0, 0.05) is 18.3 Å². The summed E-state index contributed by atoms with van der Waals surface area (Å²) in [4.78, 5) is 2.69. The lowest BCUT2D eigenvalue weighted by molar-refractivity contribution is 0.0320. The van der Waals surface area contributed by atoms with Crippen LogP contribution < -0.4 is 0 Å². The van der Waals surface area contributed by atoms with Crippen LogP contribution in [0, 0.1) is 5.92 Å². The average Bonchev–Trinajstić information content (AvgIpc) is 2.35. The molecular formula is C13H25NOS. The monoisotopic (exact) mass is 243 g/mol. The second-order valence-corrected chi connectivity index (χ2v) is 5.57. The number of thiol groups is 1. The van der Waals surface area contributed by atoms with Crippen molar-refractivity contribution in [1.82, 2.24) is 4.90 Å². The first-order valence-corrected chi connectivity index (χ1v) is 7.47. The second-order valence-electron chi connectivity index (χ2n) is 5.13. The molecule has 1 aliphatic heterocycles. The molecule has 0 aromatic rings. The Bertz CT molecular complexity index is 198. The third-order valence-corrected chi connectivity index (χ3v) is 4.30. The fourth-order valence-corrected chi connectivity index (χ4v) is 3.48. The van der Waals surface area contributed by atoms with E-state index in [2.05, 4.69) is 17.5 Å². The van der Waals surface area contributed by atoms with Gasteiger partial charge in [-0.05, 0) is 38.1 Å². The van der Waals surface area contributed by atoms with Crippen LogP contribution in [0.2, 0.25) is 0 Å². The van der Waals surface area contributed by atoms with Gasteiger partial charge < -0.3 is 4.74 Å². The minimum atomic E-state index is 0.797. The van der Waals surface area contributed by atoms with Crippen LogP contribution in [0.4, 0.5) is 0 Å². The molecule has 0 aromatic carbocycles. The molecule has 2 fully saturated rings. The minimum Gasteiger partial charge on any atom is -0.379 e. The van der Waals surface area contributed by atoms with Gasteiger partial charge in [0.15, 0.2) is 0 Å². The van der Waals surface area contributed by atoms with E-state index in [1.54, 1.807) is 0 Å². The van der Waals surface area contributed by atoms with E-state index >= 15 is 0 Å². The Hall–Kier alpha value is 0.270. The van der Waals surface area contributed by atoms with E-state index in [9.17, 15) is 0 Å². The van der Waals surface area contributed by atoms with Crippen molar-refractivity contribution in [3.63, 3.8) is 0 Å². The molecule has 0 bridgehead atoms. The summed E-state index contributed by atoms with van der Waals surface area (Å²) in [6, 6.07) is 0.877. The first-order valence-electron chi connectivity index (χ1n) is 6.84. The van der Waals surface area contributed by atoms with Crippen LogP contribution in [0.25, 0.3) is 0 Å². The zero-order valence-corrected chi connectivity index (χ0v) is 11.1. The molecule has 0 radical (unpaired) electrons.